The van der Waals surface area contributed by atoms with Gasteiger partial charge in [0, 0.05) is 10.6 Å². The molecule has 0 saturated carbocycles. The van der Waals surface area contributed by atoms with Gasteiger partial charge in [0.2, 0.25) is 0 Å². The summed E-state index contributed by atoms with van der Waals surface area (Å²) in [5.41, 5.74) is 0.648. The van der Waals surface area contributed by atoms with E-state index in [4.69, 9.17) is 40.5 Å². The van der Waals surface area contributed by atoms with Crippen LogP contribution in [0.1, 0.15) is 10.5 Å². The normalized spacial score (nSPS) is 10.5. The minimum atomic E-state index is -1.07. The van der Waals surface area contributed by atoms with Crippen molar-refractivity contribution in [2.45, 2.75) is 0 Å². The summed E-state index contributed by atoms with van der Waals surface area (Å²) in [6.45, 7) is 0. The summed E-state index contributed by atoms with van der Waals surface area (Å²) in [5, 5.41) is 9.93. The van der Waals surface area contributed by atoms with E-state index < -0.39 is 5.97 Å². The van der Waals surface area contributed by atoms with Gasteiger partial charge in [0.1, 0.15) is 5.69 Å². The van der Waals surface area contributed by atoms with Crippen LogP contribution in [0.15, 0.2) is 18.2 Å². The number of nitrogens with one attached hydrogen (secondary N) is 1. The summed E-state index contributed by atoms with van der Waals surface area (Å²) >= 11 is 17.9. The van der Waals surface area contributed by atoms with Crippen LogP contribution in [-0.4, -0.2) is 16.1 Å². The van der Waals surface area contributed by atoms with E-state index in [0.29, 0.717) is 24.4 Å². The van der Waals surface area contributed by atoms with Gasteiger partial charge in [-0.25, -0.2) is 4.79 Å². The van der Waals surface area contributed by atoms with E-state index in [2.05, 4.69) is 4.98 Å². The number of aromatic nitrogens is 1. The maximum absolute atomic E-state index is 11.0. The van der Waals surface area contributed by atoms with Crippen molar-refractivity contribution < 1.29 is 9.90 Å². The lowest BCUT2D eigenvalue weighted by Gasteiger charge is -2.02. The number of carboxylic acids is 1. The van der Waals surface area contributed by atoms with Crippen LogP contribution in [0, 0.1) is 3.95 Å². The number of hydrogen-bond donors (Lipinski definition) is 2. The van der Waals surface area contributed by atoms with Crippen LogP contribution in [0.3, 0.4) is 0 Å². The molecule has 0 aliphatic rings. The Morgan fingerprint density at radius 3 is 2.71 bits per heavy atom. The first-order valence-electron chi connectivity index (χ1n) is 4.41. The number of carboxylic acid groups (broad SMARTS) is 1. The summed E-state index contributed by atoms with van der Waals surface area (Å²) in [5.74, 6) is -1.07. The summed E-state index contributed by atoms with van der Waals surface area (Å²) in [6, 6.07) is 4.88. The monoisotopic (exact) mass is 305 g/mol. The molecule has 1 heterocycles. The molecule has 2 N–H and O–H groups in total. The molecule has 1 aromatic heterocycles. The third-order valence-corrected chi connectivity index (χ3v) is 3.85. The number of rotatable bonds is 2. The average Bonchev–Trinajstić information content (AvgIpc) is 2.60. The van der Waals surface area contributed by atoms with Crippen molar-refractivity contribution in [3.05, 3.63) is 37.9 Å². The first-order valence-corrected chi connectivity index (χ1v) is 6.39. The Morgan fingerprint density at radius 1 is 1.41 bits per heavy atom. The quantitative estimate of drug-likeness (QED) is 0.804. The van der Waals surface area contributed by atoms with Gasteiger partial charge in [-0.05, 0) is 24.4 Å². The predicted molar refractivity (Wildman–Crippen MR) is 71.9 cm³/mol. The first kappa shape index (κ1) is 12.6. The largest absolute Gasteiger partial charge is 0.477 e. The lowest BCUT2D eigenvalue weighted by molar-refractivity contribution is 0.0692. The summed E-state index contributed by atoms with van der Waals surface area (Å²) in [6.07, 6.45) is 0. The Hall–Kier alpha value is -0.880. The van der Waals surface area contributed by atoms with E-state index in [9.17, 15) is 4.79 Å². The van der Waals surface area contributed by atoms with E-state index in [-0.39, 0.29) is 5.69 Å². The van der Waals surface area contributed by atoms with E-state index in [1.165, 1.54) is 11.3 Å². The SMILES string of the molecule is O=C(O)c1[nH]c(=S)sc1-c1ccc(Cl)cc1Cl. The molecular formula is C10H5Cl2NO2S2. The topological polar surface area (TPSA) is 53.1 Å². The average molecular weight is 306 g/mol. The zero-order valence-corrected chi connectivity index (χ0v) is 11.3. The Kier molecular flexibility index (Phi) is 3.53. The van der Waals surface area contributed by atoms with Gasteiger partial charge in [-0.1, -0.05) is 29.3 Å². The van der Waals surface area contributed by atoms with Crippen LogP contribution in [0.25, 0.3) is 10.4 Å². The number of H-pyrrole nitrogens is 1. The maximum Gasteiger partial charge on any atom is 0.353 e. The van der Waals surface area contributed by atoms with Crippen molar-refractivity contribution in [2.75, 3.05) is 0 Å². The smallest absolute Gasteiger partial charge is 0.353 e. The van der Waals surface area contributed by atoms with Crippen LogP contribution < -0.4 is 0 Å². The molecule has 0 aliphatic heterocycles. The fraction of sp³-hybridized carbons (Fsp3) is 0. The number of aromatic amines is 1. The highest BCUT2D eigenvalue weighted by Gasteiger charge is 2.17. The zero-order valence-electron chi connectivity index (χ0n) is 8.16. The highest BCUT2D eigenvalue weighted by Crippen LogP contribution is 2.35. The fourth-order valence-corrected chi connectivity index (χ4v) is 3.12. The molecule has 0 amide bonds. The number of thiazole rings is 1. The Balaban J connectivity index is 2.68. The van der Waals surface area contributed by atoms with Gasteiger partial charge in [0.25, 0.3) is 0 Å². The van der Waals surface area contributed by atoms with Crippen molar-refractivity contribution >= 4 is 52.7 Å². The van der Waals surface area contributed by atoms with Gasteiger partial charge in [0.05, 0.1) is 9.90 Å². The lowest BCUT2D eigenvalue weighted by Crippen LogP contribution is -1.98. The second-order valence-electron chi connectivity index (χ2n) is 3.15. The molecule has 0 saturated heterocycles. The summed E-state index contributed by atoms with van der Waals surface area (Å²) < 4.78 is 0.392. The molecule has 2 rings (SSSR count). The van der Waals surface area contributed by atoms with Crippen LogP contribution >= 0.6 is 46.8 Å². The summed E-state index contributed by atoms with van der Waals surface area (Å²) in [7, 11) is 0. The first-order chi connectivity index (χ1) is 7.99. The van der Waals surface area contributed by atoms with Gasteiger partial charge in [-0.2, -0.15) is 0 Å². The maximum atomic E-state index is 11.0. The van der Waals surface area contributed by atoms with Crippen LogP contribution in [-0.2, 0) is 0 Å². The third-order valence-electron chi connectivity index (χ3n) is 2.04. The Labute approximate surface area is 116 Å². The minimum absolute atomic E-state index is 0.0456. The second-order valence-corrected chi connectivity index (χ2v) is 5.68. The van der Waals surface area contributed by atoms with E-state index in [0.717, 1.165) is 0 Å². The Bertz CT molecular complexity index is 648. The summed E-state index contributed by atoms with van der Waals surface area (Å²) in [4.78, 5) is 14.2. The van der Waals surface area contributed by atoms with Crippen LogP contribution in [0.4, 0.5) is 0 Å². The minimum Gasteiger partial charge on any atom is -0.477 e. The van der Waals surface area contributed by atoms with Gasteiger partial charge in [-0.15, -0.1) is 11.3 Å². The second kappa shape index (κ2) is 4.78. The molecule has 0 radical (unpaired) electrons. The number of benzene rings is 1. The standard InChI is InChI=1S/C10H5Cl2NO2S2/c11-4-1-2-5(6(12)3-4)8-7(9(14)15)13-10(16)17-8/h1-3H,(H,13,16)(H,14,15). The number of hydrogen-bond acceptors (Lipinski definition) is 3. The van der Waals surface area contributed by atoms with E-state index >= 15 is 0 Å². The Morgan fingerprint density at radius 2 is 2.12 bits per heavy atom. The molecule has 7 heteroatoms. The van der Waals surface area contributed by atoms with Gasteiger partial charge in [-0.3, -0.25) is 0 Å². The molecule has 3 nitrogen and oxygen atoms in total. The van der Waals surface area contributed by atoms with Crippen molar-refractivity contribution in [1.29, 1.82) is 0 Å². The van der Waals surface area contributed by atoms with Crippen molar-refractivity contribution in [1.82, 2.24) is 4.98 Å². The molecule has 17 heavy (non-hydrogen) atoms. The van der Waals surface area contributed by atoms with Gasteiger partial charge < -0.3 is 10.1 Å². The van der Waals surface area contributed by atoms with Crippen LogP contribution in [0.2, 0.25) is 10.0 Å². The number of carbonyl (C=O) groups is 1. The number of aromatic carboxylic acids is 1. The lowest BCUT2D eigenvalue weighted by atomic mass is 10.1. The van der Waals surface area contributed by atoms with E-state index in [1.54, 1.807) is 18.2 Å². The van der Waals surface area contributed by atoms with Crippen molar-refractivity contribution in [2.24, 2.45) is 0 Å². The molecule has 2 aromatic rings. The van der Waals surface area contributed by atoms with E-state index in [1.807, 2.05) is 0 Å². The third kappa shape index (κ3) is 2.52. The molecular weight excluding hydrogens is 301 g/mol. The molecule has 0 fully saturated rings. The number of halogens is 2. The van der Waals surface area contributed by atoms with Gasteiger partial charge in [0.15, 0.2) is 3.95 Å². The van der Waals surface area contributed by atoms with Crippen molar-refractivity contribution in [3.63, 3.8) is 0 Å². The molecule has 0 spiro atoms. The highest BCUT2D eigenvalue weighted by atomic mass is 35.5. The molecule has 88 valence electrons. The fourth-order valence-electron chi connectivity index (χ4n) is 1.34. The molecule has 0 unspecified atom stereocenters. The highest BCUT2D eigenvalue weighted by molar-refractivity contribution is 7.73. The molecule has 0 bridgehead atoms. The predicted octanol–water partition coefficient (Wildman–Crippen LogP) is 4.48. The van der Waals surface area contributed by atoms with Crippen LogP contribution in [0.5, 0.6) is 0 Å². The van der Waals surface area contributed by atoms with Gasteiger partial charge >= 0.3 is 5.97 Å². The molecule has 0 aliphatic carbocycles. The molecule has 1 aromatic carbocycles. The van der Waals surface area contributed by atoms with Crippen molar-refractivity contribution in [3.8, 4) is 10.4 Å². The zero-order chi connectivity index (χ0) is 12.6. The molecule has 0 atom stereocenters.